The summed E-state index contributed by atoms with van der Waals surface area (Å²) in [4.78, 5) is 14.5. The molecule has 110 valence electrons. The van der Waals surface area contributed by atoms with Gasteiger partial charge in [-0.2, -0.15) is 0 Å². The van der Waals surface area contributed by atoms with Crippen molar-refractivity contribution >= 4 is 5.91 Å². The van der Waals surface area contributed by atoms with Gasteiger partial charge in [-0.05, 0) is 31.2 Å². The average Bonchev–Trinajstić information content (AvgIpc) is 2.53. The standard InChI is InChI=1S/C17H25NO2/c1-3-16(12-14-8-5-4-6-9-14)18(2)17(19)15-10-7-11-20-13-15/h4-6,8-9,15-16H,3,7,10-13H2,1-2H3. The van der Waals surface area contributed by atoms with Crippen LogP contribution in [-0.2, 0) is 16.0 Å². The van der Waals surface area contributed by atoms with E-state index in [-0.39, 0.29) is 17.9 Å². The van der Waals surface area contributed by atoms with Crippen LogP contribution < -0.4 is 0 Å². The van der Waals surface area contributed by atoms with Gasteiger partial charge in [0.15, 0.2) is 0 Å². The van der Waals surface area contributed by atoms with E-state index in [1.807, 2.05) is 18.0 Å². The van der Waals surface area contributed by atoms with Crippen molar-refractivity contribution in [3.63, 3.8) is 0 Å². The fraction of sp³-hybridized carbons (Fsp3) is 0.588. The molecule has 2 atom stereocenters. The van der Waals surface area contributed by atoms with Crippen molar-refractivity contribution in [2.24, 2.45) is 5.92 Å². The number of amides is 1. The molecular formula is C17H25NO2. The lowest BCUT2D eigenvalue weighted by Gasteiger charge is -2.32. The molecule has 1 fully saturated rings. The van der Waals surface area contributed by atoms with Gasteiger partial charge >= 0.3 is 0 Å². The maximum atomic E-state index is 12.5. The van der Waals surface area contributed by atoms with Crippen LogP contribution in [0.3, 0.4) is 0 Å². The number of hydrogen-bond acceptors (Lipinski definition) is 2. The highest BCUT2D eigenvalue weighted by Gasteiger charge is 2.28. The van der Waals surface area contributed by atoms with E-state index in [0.717, 1.165) is 32.3 Å². The molecule has 2 unspecified atom stereocenters. The van der Waals surface area contributed by atoms with Gasteiger partial charge in [0, 0.05) is 19.7 Å². The van der Waals surface area contributed by atoms with E-state index in [0.29, 0.717) is 6.61 Å². The summed E-state index contributed by atoms with van der Waals surface area (Å²) in [5, 5.41) is 0. The molecule has 0 spiro atoms. The highest BCUT2D eigenvalue weighted by atomic mass is 16.5. The molecule has 3 nitrogen and oxygen atoms in total. The van der Waals surface area contributed by atoms with Crippen molar-refractivity contribution in [3.05, 3.63) is 35.9 Å². The zero-order chi connectivity index (χ0) is 14.4. The van der Waals surface area contributed by atoms with Crippen LogP contribution in [0.25, 0.3) is 0 Å². The minimum atomic E-state index is 0.0542. The highest BCUT2D eigenvalue weighted by molar-refractivity contribution is 5.79. The highest BCUT2D eigenvalue weighted by Crippen LogP contribution is 2.19. The van der Waals surface area contributed by atoms with Gasteiger partial charge in [0.25, 0.3) is 0 Å². The van der Waals surface area contributed by atoms with Gasteiger partial charge in [-0.1, -0.05) is 37.3 Å². The van der Waals surface area contributed by atoms with Gasteiger partial charge in [-0.3, -0.25) is 4.79 Å². The Kier molecular flexibility index (Phi) is 5.60. The second kappa shape index (κ2) is 7.44. The summed E-state index contributed by atoms with van der Waals surface area (Å²) in [6.45, 7) is 3.54. The van der Waals surface area contributed by atoms with Crippen LogP contribution in [0.2, 0.25) is 0 Å². The summed E-state index contributed by atoms with van der Waals surface area (Å²) in [7, 11) is 1.94. The second-order valence-corrected chi connectivity index (χ2v) is 5.62. The fourth-order valence-corrected chi connectivity index (χ4v) is 2.84. The molecule has 0 aromatic heterocycles. The summed E-state index contributed by atoms with van der Waals surface area (Å²) in [5.41, 5.74) is 1.29. The van der Waals surface area contributed by atoms with Crippen LogP contribution in [0.1, 0.15) is 31.7 Å². The van der Waals surface area contributed by atoms with E-state index in [9.17, 15) is 4.79 Å². The molecule has 0 N–H and O–H groups in total. The first-order valence-electron chi connectivity index (χ1n) is 7.60. The van der Waals surface area contributed by atoms with Crippen LogP contribution in [0.5, 0.6) is 0 Å². The van der Waals surface area contributed by atoms with Crippen molar-refractivity contribution in [1.82, 2.24) is 4.90 Å². The van der Waals surface area contributed by atoms with Crippen LogP contribution in [-0.4, -0.2) is 37.1 Å². The first-order valence-corrected chi connectivity index (χ1v) is 7.60. The van der Waals surface area contributed by atoms with Crippen molar-refractivity contribution in [2.75, 3.05) is 20.3 Å². The SMILES string of the molecule is CCC(Cc1ccccc1)N(C)C(=O)C1CCCOC1. The minimum absolute atomic E-state index is 0.0542. The Balaban J connectivity index is 1.97. The van der Waals surface area contributed by atoms with Gasteiger partial charge in [-0.15, -0.1) is 0 Å². The Morgan fingerprint density at radius 2 is 2.15 bits per heavy atom. The zero-order valence-electron chi connectivity index (χ0n) is 12.5. The lowest BCUT2D eigenvalue weighted by Crippen LogP contribution is -2.43. The second-order valence-electron chi connectivity index (χ2n) is 5.62. The topological polar surface area (TPSA) is 29.5 Å². The van der Waals surface area contributed by atoms with Crippen molar-refractivity contribution < 1.29 is 9.53 Å². The number of rotatable bonds is 5. The molecule has 0 bridgehead atoms. The molecule has 20 heavy (non-hydrogen) atoms. The predicted molar refractivity (Wildman–Crippen MR) is 80.5 cm³/mol. The lowest BCUT2D eigenvalue weighted by molar-refractivity contribution is -0.140. The van der Waals surface area contributed by atoms with Gasteiger partial charge in [0.2, 0.25) is 5.91 Å². The van der Waals surface area contributed by atoms with E-state index < -0.39 is 0 Å². The van der Waals surface area contributed by atoms with Crippen molar-refractivity contribution in [3.8, 4) is 0 Å². The van der Waals surface area contributed by atoms with E-state index in [4.69, 9.17) is 4.74 Å². The van der Waals surface area contributed by atoms with Crippen LogP contribution >= 0.6 is 0 Å². The monoisotopic (exact) mass is 275 g/mol. The number of hydrogen-bond donors (Lipinski definition) is 0. The average molecular weight is 275 g/mol. The molecule has 0 radical (unpaired) electrons. The summed E-state index contributed by atoms with van der Waals surface area (Å²) in [6.07, 6.45) is 3.86. The fourth-order valence-electron chi connectivity index (χ4n) is 2.84. The number of benzene rings is 1. The third-order valence-electron chi connectivity index (χ3n) is 4.19. The molecular weight excluding hydrogens is 250 g/mol. The summed E-state index contributed by atoms with van der Waals surface area (Å²) >= 11 is 0. The zero-order valence-corrected chi connectivity index (χ0v) is 12.5. The predicted octanol–water partition coefficient (Wildman–Crippen LogP) is 2.89. The largest absolute Gasteiger partial charge is 0.381 e. The Labute approximate surface area is 121 Å². The third kappa shape index (κ3) is 3.83. The molecule has 1 aromatic carbocycles. The first kappa shape index (κ1) is 15.0. The number of nitrogens with zero attached hydrogens (tertiary/aromatic N) is 1. The van der Waals surface area contributed by atoms with Gasteiger partial charge in [-0.25, -0.2) is 0 Å². The molecule has 2 rings (SSSR count). The molecule has 0 saturated carbocycles. The lowest BCUT2D eigenvalue weighted by atomic mass is 9.97. The van der Waals surface area contributed by atoms with E-state index in [1.165, 1.54) is 5.56 Å². The van der Waals surface area contributed by atoms with E-state index in [1.54, 1.807) is 0 Å². The van der Waals surface area contributed by atoms with Crippen LogP contribution in [0.15, 0.2) is 30.3 Å². The number of likely N-dealkylation sites (N-methyl/N-ethyl adjacent to an activating group) is 1. The van der Waals surface area contributed by atoms with Gasteiger partial charge in [0.1, 0.15) is 0 Å². The molecule has 1 aliphatic rings. The Hall–Kier alpha value is -1.35. The van der Waals surface area contributed by atoms with Crippen molar-refractivity contribution in [1.29, 1.82) is 0 Å². The van der Waals surface area contributed by atoms with Crippen LogP contribution in [0.4, 0.5) is 0 Å². The normalized spacial score (nSPS) is 20.4. The summed E-state index contributed by atoms with van der Waals surface area (Å²) < 4.78 is 5.44. The first-order chi connectivity index (χ1) is 9.72. The maximum Gasteiger partial charge on any atom is 0.228 e. The summed E-state index contributed by atoms with van der Waals surface area (Å²) in [6, 6.07) is 10.7. The third-order valence-corrected chi connectivity index (χ3v) is 4.19. The molecule has 1 heterocycles. The number of carbonyl (C=O) groups is 1. The Morgan fingerprint density at radius 3 is 2.75 bits per heavy atom. The van der Waals surface area contributed by atoms with Crippen LogP contribution in [0, 0.1) is 5.92 Å². The quantitative estimate of drug-likeness (QED) is 0.827. The maximum absolute atomic E-state index is 12.5. The number of carbonyl (C=O) groups excluding carboxylic acids is 1. The Bertz CT molecular complexity index is 412. The molecule has 1 aromatic rings. The van der Waals surface area contributed by atoms with Crippen molar-refractivity contribution in [2.45, 2.75) is 38.6 Å². The Morgan fingerprint density at radius 1 is 1.40 bits per heavy atom. The number of ether oxygens (including phenoxy) is 1. The van der Waals surface area contributed by atoms with E-state index in [2.05, 4.69) is 31.2 Å². The molecule has 1 amide bonds. The van der Waals surface area contributed by atoms with Gasteiger partial charge < -0.3 is 9.64 Å². The minimum Gasteiger partial charge on any atom is -0.381 e. The molecule has 3 heteroatoms. The van der Waals surface area contributed by atoms with E-state index >= 15 is 0 Å². The molecule has 1 aliphatic heterocycles. The molecule has 0 aliphatic carbocycles. The smallest absolute Gasteiger partial charge is 0.228 e. The molecule has 1 saturated heterocycles. The summed E-state index contributed by atoms with van der Waals surface area (Å²) in [5.74, 6) is 0.297. The van der Waals surface area contributed by atoms with Gasteiger partial charge in [0.05, 0.1) is 12.5 Å².